The average molecular weight is 476 g/mol. The van der Waals surface area contributed by atoms with Gasteiger partial charge in [-0.1, -0.05) is 6.07 Å². The van der Waals surface area contributed by atoms with E-state index in [4.69, 9.17) is 14.2 Å². The number of esters is 1. The molecule has 1 aliphatic heterocycles. The Morgan fingerprint density at radius 3 is 2.21 bits per heavy atom. The van der Waals surface area contributed by atoms with Crippen molar-refractivity contribution in [3.8, 4) is 11.5 Å². The minimum atomic E-state index is -4.87. The number of halogens is 3. The molecule has 0 unspecified atom stereocenters. The maximum Gasteiger partial charge on any atom is 0.435 e. The Bertz CT molecular complexity index is 1120. The molecule has 0 aromatic heterocycles. The summed E-state index contributed by atoms with van der Waals surface area (Å²) in [5.41, 5.74) is -1.35. The molecule has 3 rings (SSSR count). The van der Waals surface area contributed by atoms with Crippen LogP contribution >= 0.6 is 0 Å². The molecule has 34 heavy (non-hydrogen) atoms. The number of carbonyl (C=O) groups excluding carboxylic acids is 2. The van der Waals surface area contributed by atoms with Gasteiger partial charge in [0.2, 0.25) is 0 Å². The molecule has 0 fully saturated rings. The number of hydrogen-bond acceptors (Lipinski definition) is 6. The summed E-state index contributed by atoms with van der Waals surface area (Å²) in [5.74, 6) is -0.746. The average Bonchev–Trinajstić information content (AvgIpc) is 3.12. The molecular weight excluding hydrogens is 453 g/mol. The number of carbonyl (C=O) groups is 2. The molecule has 1 heterocycles. The number of alkyl halides is 3. The van der Waals surface area contributed by atoms with Crippen LogP contribution in [0.15, 0.2) is 53.1 Å². The number of benzene rings is 2. The molecule has 0 radical (unpaired) electrons. The van der Waals surface area contributed by atoms with Gasteiger partial charge < -0.3 is 14.2 Å². The molecule has 1 aliphatic rings. The third kappa shape index (κ3) is 5.38. The summed E-state index contributed by atoms with van der Waals surface area (Å²) >= 11 is 0. The minimum absolute atomic E-state index is 0.0740. The Kier molecular flexibility index (Phi) is 7.60. The van der Waals surface area contributed by atoms with Crippen LogP contribution in [0.3, 0.4) is 0 Å². The summed E-state index contributed by atoms with van der Waals surface area (Å²) in [6.07, 6.45) is -3.75. The van der Waals surface area contributed by atoms with Crippen molar-refractivity contribution in [2.24, 2.45) is 5.10 Å². The van der Waals surface area contributed by atoms with E-state index in [1.807, 2.05) is 0 Å². The fourth-order valence-electron chi connectivity index (χ4n) is 3.21. The van der Waals surface area contributed by atoms with Crippen LogP contribution in [-0.4, -0.2) is 43.6 Å². The predicted octanol–water partition coefficient (Wildman–Crippen LogP) is 5.01. The first-order valence-corrected chi connectivity index (χ1v) is 10.6. The fourth-order valence-corrected chi connectivity index (χ4v) is 3.21. The van der Waals surface area contributed by atoms with Gasteiger partial charge in [0, 0.05) is 0 Å². The summed E-state index contributed by atoms with van der Waals surface area (Å²) in [6, 6.07) is 9.95. The van der Waals surface area contributed by atoms with Crippen molar-refractivity contribution >= 4 is 29.4 Å². The smallest absolute Gasteiger partial charge is 0.435 e. The van der Waals surface area contributed by atoms with Crippen molar-refractivity contribution in [2.75, 3.05) is 24.8 Å². The second kappa shape index (κ2) is 10.4. The molecule has 2 aromatic carbocycles. The molecule has 0 aliphatic carbocycles. The van der Waals surface area contributed by atoms with E-state index in [1.54, 1.807) is 26.8 Å². The second-order valence-electron chi connectivity index (χ2n) is 6.96. The lowest BCUT2D eigenvalue weighted by molar-refractivity contribution is -0.114. The number of amides is 1. The van der Waals surface area contributed by atoms with E-state index in [0.29, 0.717) is 35.3 Å². The van der Waals surface area contributed by atoms with Crippen LogP contribution in [0, 0.1) is 0 Å². The highest BCUT2D eigenvalue weighted by molar-refractivity contribution is 6.34. The Morgan fingerprint density at radius 1 is 0.971 bits per heavy atom. The lowest BCUT2D eigenvalue weighted by Crippen LogP contribution is -2.25. The van der Waals surface area contributed by atoms with Crippen molar-refractivity contribution in [2.45, 2.75) is 26.9 Å². The van der Waals surface area contributed by atoms with Gasteiger partial charge in [-0.2, -0.15) is 23.3 Å². The van der Waals surface area contributed by atoms with E-state index in [9.17, 15) is 22.8 Å². The number of ether oxygens (including phenoxy) is 3. The molecule has 0 saturated carbocycles. The summed E-state index contributed by atoms with van der Waals surface area (Å²) in [5, 5.41) is 4.19. The Hall–Kier alpha value is -3.82. The van der Waals surface area contributed by atoms with Crippen LogP contribution in [0.2, 0.25) is 0 Å². The number of rotatable bonds is 8. The van der Waals surface area contributed by atoms with Gasteiger partial charge in [-0.25, -0.2) is 4.79 Å². The quantitative estimate of drug-likeness (QED) is 0.396. The minimum Gasteiger partial charge on any atom is -0.490 e. The van der Waals surface area contributed by atoms with Crippen LogP contribution in [-0.2, 0) is 9.53 Å². The molecule has 0 spiro atoms. The molecule has 0 atom stereocenters. The van der Waals surface area contributed by atoms with Crippen molar-refractivity contribution < 1.29 is 37.0 Å². The summed E-state index contributed by atoms with van der Waals surface area (Å²) in [7, 11) is 0. The third-order valence-corrected chi connectivity index (χ3v) is 4.65. The molecule has 10 heteroatoms. The zero-order valence-corrected chi connectivity index (χ0v) is 18.8. The summed E-state index contributed by atoms with van der Waals surface area (Å²) in [6.45, 7) is 6.09. The maximum absolute atomic E-state index is 13.7. The molecule has 7 nitrogen and oxygen atoms in total. The highest BCUT2D eigenvalue weighted by atomic mass is 19.4. The van der Waals surface area contributed by atoms with E-state index in [2.05, 4.69) is 5.10 Å². The Labute approximate surface area is 194 Å². The topological polar surface area (TPSA) is 77.4 Å². The number of hydrazone groups is 1. The number of hydrogen-bond donors (Lipinski definition) is 0. The van der Waals surface area contributed by atoms with Gasteiger partial charge in [0.1, 0.15) is 0 Å². The van der Waals surface area contributed by atoms with E-state index >= 15 is 0 Å². The Morgan fingerprint density at radius 2 is 1.62 bits per heavy atom. The first kappa shape index (κ1) is 24.8. The van der Waals surface area contributed by atoms with Crippen LogP contribution in [0.1, 0.15) is 36.7 Å². The van der Waals surface area contributed by atoms with E-state index in [-0.39, 0.29) is 17.9 Å². The van der Waals surface area contributed by atoms with Crippen molar-refractivity contribution in [3.63, 3.8) is 0 Å². The lowest BCUT2D eigenvalue weighted by atomic mass is 10.1. The van der Waals surface area contributed by atoms with Crippen molar-refractivity contribution in [1.82, 2.24) is 0 Å². The standard InChI is InChI=1S/C24H23F3N2O5/c1-4-32-19-12-7-15(14-20(19)33-5-2)13-18-21(24(25,26)27)28-29(22(18)30)17-10-8-16(9-11-17)23(31)34-6-3/h7-14H,4-6H2,1-3H3/b18-13-. The van der Waals surface area contributed by atoms with Crippen molar-refractivity contribution in [1.29, 1.82) is 0 Å². The Balaban J connectivity index is 1.98. The van der Waals surface area contributed by atoms with E-state index in [0.717, 1.165) is 6.08 Å². The zero-order valence-electron chi connectivity index (χ0n) is 18.8. The highest BCUT2D eigenvalue weighted by Crippen LogP contribution is 2.34. The van der Waals surface area contributed by atoms with Crippen LogP contribution in [0.25, 0.3) is 6.08 Å². The summed E-state index contributed by atoms with van der Waals surface area (Å²) < 4.78 is 57.1. The third-order valence-electron chi connectivity index (χ3n) is 4.65. The maximum atomic E-state index is 13.7. The van der Waals surface area contributed by atoms with Crippen LogP contribution < -0.4 is 14.5 Å². The van der Waals surface area contributed by atoms with Crippen LogP contribution in [0.5, 0.6) is 11.5 Å². The lowest BCUT2D eigenvalue weighted by Gasteiger charge is -2.13. The second-order valence-corrected chi connectivity index (χ2v) is 6.96. The normalized spacial score (nSPS) is 14.9. The van der Waals surface area contributed by atoms with E-state index < -0.39 is 29.3 Å². The summed E-state index contributed by atoms with van der Waals surface area (Å²) in [4.78, 5) is 24.8. The van der Waals surface area contributed by atoms with Gasteiger partial charge in [-0.05, 0) is 68.8 Å². The molecule has 2 aromatic rings. The fraction of sp³-hybridized carbons (Fsp3) is 0.292. The van der Waals surface area contributed by atoms with Gasteiger partial charge >= 0.3 is 12.1 Å². The molecule has 0 saturated heterocycles. The highest BCUT2D eigenvalue weighted by Gasteiger charge is 2.46. The number of nitrogens with zero attached hydrogens (tertiary/aromatic N) is 2. The van der Waals surface area contributed by atoms with Gasteiger partial charge in [-0.3, -0.25) is 4.79 Å². The predicted molar refractivity (Wildman–Crippen MR) is 120 cm³/mol. The van der Waals surface area contributed by atoms with Gasteiger partial charge in [0.05, 0.1) is 36.6 Å². The molecule has 0 N–H and O–H groups in total. The largest absolute Gasteiger partial charge is 0.490 e. The van der Waals surface area contributed by atoms with Gasteiger partial charge in [0.15, 0.2) is 17.2 Å². The van der Waals surface area contributed by atoms with E-state index in [1.165, 1.54) is 36.4 Å². The molecule has 0 bridgehead atoms. The molecule has 1 amide bonds. The van der Waals surface area contributed by atoms with Crippen molar-refractivity contribution in [3.05, 3.63) is 59.2 Å². The first-order chi connectivity index (χ1) is 16.2. The number of anilines is 1. The van der Waals surface area contributed by atoms with Crippen LogP contribution in [0.4, 0.5) is 18.9 Å². The molecule has 180 valence electrons. The molecular formula is C24H23F3N2O5. The zero-order chi connectivity index (χ0) is 24.9. The SMILES string of the molecule is CCOC(=O)c1ccc(N2N=C(C(F)(F)F)/C(=C/c3ccc(OCC)c(OCC)c3)C2=O)cc1. The monoisotopic (exact) mass is 476 g/mol. The first-order valence-electron chi connectivity index (χ1n) is 10.6. The van der Waals surface area contributed by atoms with Gasteiger partial charge in [0.25, 0.3) is 5.91 Å². The van der Waals surface area contributed by atoms with Gasteiger partial charge in [-0.15, -0.1) is 0 Å².